The number of hydrogen-bond acceptors (Lipinski definition) is 9. The Balaban J connectivity index is 1.50. The number of anilines is 1. The molecule has 0 aromatic heterocycles. The largest absolute Gasteiger partial charge is 0.495 e. The summed E-state index contributed by atoms with van der Waals surface area (Å²) in [5, 5.41) is 0. The predicted molar refractivity (Wildman–Crippen MR) is 148 cm³/mol. The van der Waals surface area contributed by atoms with Crippen molar-refractivity contribution in [2.45, 2.75) is 11.8 Å². The van der Waals surface area contributed by atoms with Crippen LogP contribution in [0.5, 0.6) is 23.0 Å². The first-order valence-electron chi connectivity index (χ1n) is 13.0. The van der Waals surface area contributed by atoms with Gasteiger partial charge in [-0.1, -0.05) is 6.92 Å². The van der Waals surface area contributed by atoms with E-state index in [1.54, 1.807) is 46.6 Å². The summed E-state index contributed by atoms with van der Waals surface area (Å²) in [6.45, 7) is 7.33. The summed E-state index contributed by atoms with van der Waals surface area (Å²) >= 11 is 0. The molecular weight excluding hydrogens is 524 g/mol. The highest BCUT2D eigenvalue weighted by atomic mass is 32.2. The van der Waals surface area contributed by atoms with Crippen molar-refractivity contribution < 1.29 is 32.2 Å². The normalized spacial score (nSPS) is 17.2. The number of amides is 1. The van der Waals surface area contributed by atoms with Gasteiger partial charge in [-0.15, -0.1) is 0 Å². The highest BCUT2D eigenvalue weighted by Crippen LogP contribution is 2.39. The fraction of sp³-hybridized carbons (Fsp3) is 0.519. The second-order valence-electron chi connectivity index (χ2n) is 9.37. The van der Waals surface area contributed by atoms with Gasteiger partial charge in [0.05, 0.1) is 39.0 Å². The molecule has 4 rings (SSSR count). The van der Waals surface area contributed by atoms with Crippen LogP contribution in [0, 0.1) is 0 Å². The molecule has 0 radical (unpaired) electrons. The quantitative estimate of drug-likeness (QED) is 0.454. The Morgan fingerprint density at radius 3 is 1.87 bits per heavy atom. The first kappa shape index (κ1) is 28.8. The standard InChI is InChI=1S/C27H38N4O7S/c1-6-28-9-15-31(16-10-28)39(33,34)21-7-8-23(35-2)22(19-21)29-11-13-30(14-12-29)27(32)20-17-24(36-3)26(38-5)25(18-20)37-4/h7-8,17-19H,6,9-16H2,1-5H3. The van der Waals surface area contributed by atoms with Crippen molar-refractivity contribution in [2.75, 3.05) is 92.2 Å². The zero-order chi connectivity index (χ0) is 28.2. The molecule has 2 aromatic carbocycles. The van der Waals surface area contributed by atoms with Crippen LogP contribution in [0.4, 0.5) is 5.69 Å². The predicted octanol–water partition coefficient (Wildman–Crippen LogP) is 2.01. The molecule has 2 aliphatic rings. The highest BCUT2D eigenvalue weighted by Gasteiger charge is 2.31. The summed E-state index contributed by atoms with van der Waals surface area (Å²) in [6, 6.07) is 8.30. The molecule has 2 saturated heterocycles. The van der Waals surface area contributed by atoms with E-state index in [1.807, 2.05) is 0 Å². The van der Waals surface area contributed by atoms with Crippen LogP contribution in [-0.4, -0.2) is 116 Å². The lowest BCUT2D eigenvalue weighted by molar-refractivity contribution is 0.0745. The van der Waals surface area contributed by atoms with Crippen molar-refractivity contribution in [1.82, 2.24) is 14.1 Å². The molecule has 0 spiro atoms. The third-order valence-electron chi connectivity index (χ3n) is 7.39. The van der Waals surface area contributed by atoms with Crippen LogP contribution in [0.2, 0.25) is 0 Å². The van der Waals surface area contributed by atoms with E-state index in [9.17, 15) is 13.2 Å². The molecule has 2 fully saturated rings. The Bertz CT molecular complexity index is 1250. The van der Waals surface area contributed by atoms with E-state index in [0.29, 0.717) is 73.5 Å². The Morgan fingerprint density at radius 2 is 1.36 bits per heavy atom. The lowest BCUT2D eigenvalue weighted by atomic mass is 10.1. The van der Waals surface area contributed by atoms with Crippen LogP contribution in [0.25, 0.3) is 0 Å². The first-order valence-corrected chi connectivity index (χ1v) is 14.5. The molecule has 0 bridgehead atoms. The van der Waals surface area contributed by atoms with E-state index in [-0.39, 0.29) is 10.8 Å². The van der Waals surface area contributed by atoms with Crippen molar-refractivity contribution in [3.63, 3.8) is 0 Å². The van der Waals surface area contributed by atoms with Crippen molar-refractivity contribution in [3.05, 3.63) is 35.9 Å². The van der Waals surface area contributed by atoms with Crippen LogP contribution in [0.15, 0.2) is 35.2 Å². The summed E-state index contributed by atoms with van der Waals surface area (Å²) in [5.74, 6) is 1.70. The lowest BCUT2D eigenvalue weighted by Gasteiger charge is -2.37. The number of ether oxygens (including phenoxy) is 4. The van der Waals surface area contributed by atoms with E-state index >= 15 is 0 Å². The van der Waals surface area contributed by atoms with Crippen molar-refractivity contribution in [2.24, 2.45) is 0 Å². The summed E-state index contributed by atoms with van der Waals surface area (Å²) in [6.07, 6.45) is 0. The molecule has 2 aliphatic heterocycles. The van der Waals surface area contributed by atoms with E-state index in [1.165, 1.54) is 21.3 Å². The third-order valence-corrected chi connectivity index (χ3v) is 9.28. The molecule has 1 amide bonds. The number of likely N-dealkylation sites (N-methyl/N-ethyl adjacent to an activating group) is 1. The zero-order valence-electron chi connectivity index (χ0n) is 23.3. The SMILES string of the molecule is CCN1CCN(S(=O)(=O)c2ccc(OC)c(N3CCN(C(=O)c4cc(OC)c(OC)c(OC)c4)CC3)c2)CC1. The van der Waals surface area contributed by atoms with Crippen molar-refractivity contribution >= 4 is 21.6 Å². The monoisotopic (exact) mass is 562 g/mol. The van der Waals surface area contributed by atoms with Crippen molar-refractivity contribution in [3.8, 4) is 23.0 Å². The molecule has 0 saturated carbocycles. The Morgan fingerprint density at radius 1 is 0.769 bits per heavy atom. The van der Waals surface area contributed by atoms with Gasteiger partial charge in [0.25, 0.3) is 5.91 Å². The molecule has 0 aliphatic carbocycles. The number of carbonyl (C=O) groups is 1. The minimum absolute atomic E-state index is 0.150. The summed E-state index contributed by atoms with van der Waals surface area (Å²) in [5.41, 5.74) is 1.14. The van der Waals surface area contributed by atoms with Gasteiger partial charge in [0.1, 0.15) is 5.75 Å². The number of carbonyl (C=O) groups excluding carboxylic acids is 1. The average molecular weight is 563 g/mol. The topological polar surface area (TPSA) is 101 Å². The second kappa shape index (κ2) is 12.3. The summed E-state index contributed by atoms with van der Waals surface area (Å²) in [7, 11) is 2.48. The van der Waals surface area contributed by atoms with Crippen LogP contribution in [-0.2, 0) is 10.0 Å². The molecule has 214 valence electrons. The average Bonchev–Trinajstić information content (AvgIpc) is 2.99. The molecule has 11 nitrogen and oxygen atoms in total. The smallest absolute Gasteiger partial charge is 0.254 e. The lowest BCUT2D eigenvalue weighted by Crippen LogP contribution is -2.49. The number of nitrogens with zero attached hydrogens (tertiary/aromatic N) is 4. The number of piperazine rings is 2. The van der Waals surface area contributed by atoms with Gasteiger partial charge in [0, 0.05) is 57.9 Å². The zero-order valence-corrected chi connectivity index (χ0v) is 24.1. The number of sulfonamides is 1. The molecule has 0 N–H and O–H groups in total. The highest BCUT2D eigenvalue weighted by molar-refractivity contribution is 7.89. The maximum Gasteiger partial charge on any atom is 0.254 e. The van der Waals surface area contributed by atoms with Crippen LogP contribution < -0.4 is 23.8 Å². The number of rotatable bonds is 9. The number of hydrogen-bond donors (Lipinski definition) is 0. The Hall–Kier alpha value is -3.22. The number of benzene rings is 2. The Labute approximate surface area is 230 Å². The minimum Gasteiger partial charge on any atom is -0.495 e. The molecule has 12 heteroatoms. The fourth-order valence-electron chi connectivity index (χ4n) is 5.05. The van der Waals surface area contributed by atoms with Crippen LogP contribution >= 0.6 is 0 Å². The van der Waals surface area contributed by atoms with Gasteiger partial charge in [0.15, 0.2) is 11.5 Å². The van der Waals surface area contributed by atoms with Crippen molar-refractivity contribution in [1.29, 1.82) is 0 Å². The van der Waals surface area contributed by atoms with E-state index < -0.39 is 10.0 Å². The summed E-state index contributed by atoms with van der Waals surface area (Å²) < 4.78 is 50.2. The van der Waals surface area contributed by atoms with E-state index in [4.69, 9.17) is 18.9 Å². The van der Waals surface area contributed by atoms with Gasteiger partial charge in [0.2, 0.25) is 15.8 Å². The first-order chi connectivity index (χ1) is 18.8. The van der Waals surface area contributed by atoms with Gasteiger partial charge < -0.3 is 33.6 Å². The van der Waals surface area contributed by atoms with Gasteiger partial charge in [-0.3, -0.25) is 4.79 Å². The maximum absolute atomic E-state index is 13.4. The molecule has 0 unspecified atom stereocenters. The summed E-state index contributed by atoms with van der Waals surface area (Å²) in [4.78, 5) is 19.7. The Kier molecular flexibility index (Phi) is 9.08. The molecule has 39 heavy (non-hydrogen) atoms. The molecule has 2 heterocycles. The van der Waals surface area contributed by atoms with E-state index in [0.717, 1.165) is 19.6 Å². The van der Waals surface area contributed by atoms with E-state index in [2.05, 4.69) is 16.7 Å². The molecule has 0 atom stereocenters. The van der Waals surface area contributed by atoms with Crippen LogP contribution in [0.3, 0.4) is 0 Å². The second-order valence-corrected chi connectivity index (χ2v) is 11.3. The van der Waals surface area contributed by atoms with Gasteiger partial charge in [-0.05, 0) is 36.9 Å². The van der Waals surface area contributed by atoms with Gasteiger partial charge >= 0.3 is 0 Å². The van der Waals surface area contributed by atoms with Crippen LogP contribution in [0.1, 0.15) is 17.3 Å². The number of methoxy groups -OCH3 is 4. The third kappa shape index (κ3) is 5.87. The van der Waals surface area contributed by atoms with Gasteiger partial charge in [-0.2, -0.15) is 4.31 Å². The molecule has 2 aromatic rings. The minimum atomic E-state index is -3.63. The maximum atomic E-state index is 13.4. The molecular formula is C27H38N4O7S. The fourth-order valence-corrected chi connectivity index (χ4v) is 6.49. The van der Waals surface area contributed by atoms with Gasteiger partial charge in [-0.25, -0.2) is 8.42 Å².